The van der Waals surface area contributed by atoms with Crippen molar-refractivity contribution in [1.82, 2.24) is 14.6 Å². The molecule has 2 aliphatic heterocycles. The van der Waals surface area contributed by atoms with Gasteiger partial charge in [0.05, 0.1) is 30.8 Å². The number of aromatic nitrogens is 3. The number of rotatable bonds is 1. The molecule has 10 heteroatoms. The molecule has 0 saturated carbocycles. The number of benzene rings is 2. The van der Waals surface area contributed by atoms with Crippen LogP contribution in [0.1, 0.15) is 28.2 Å². The van der Waals surface area contributed by atoms with Crippen LogP contribution in [-0.2, 0) is 11.3 Å². The zero-order valence-electron chi connectivity index (χ0n) is 18.7. The van der Waals surface area contributed by atoms with Gasteiger partial charge in [-0.2, -0.15) is 5.26 Å². The molecule has 176 valence electrons. The van der Waals surface area contributed by atoms with E-state index in [0.717, 1.165) is 22.3 Å². The molecule has 1 atom stereocenters. The van der Waals surface area contributed by atoms with Gasteiger partial charge in [0.15, 0.2) is 17.2 Å². The van der Waals surface area contributed by atoms with E-state index in [-0.39, 0.29) is 24.8 Å². The first-order valence-electron chi connectivity index (χ1n) is 10.8. The van der Waals surface area contributed by atoms with E-state index in [9.17, 15) is 9.65 Å². The number of carbonyl (C=O) groups is 1. The number of nitriles is 1. The van der Waals surface area contributed by atoms with Crippen LogP contribution < -0.4 is 14.8 Å². The summed E-state index contributed by atoms with van der Waals surface area (Å²) in [4.78, 5) is 8.36. The molecule has 35 heavy (non-hydrogen) atoms. The van der Waals surface area contributed by atoms with Gasteiger partial charge < -0.3 is 19.9 Å². The third-order valence-corrected chi connectivity index (χ3v) is 6.16. The first-order valence-corrected chi connectivity index (χ1v) is 10.8. The summed E-state index contributed by atoms with van der Waals surface area (Å²) in [5.74, 6) is 1.68. The van der Waals surface area contributed by atoms with Crippen molar-refractivity contribution in [1.29, 1.82) is 5.26 Å². The first kappa shape index (κ1) is 22.2. The number of nitrogens with one attached hydrogen (secondary N) is 1. The van der Waals surface area contributed by atoms with Gasteiger partial charge in [0.25, 0.3) is 6.47 Å². The molecule has 2 aliphatic rings. The third-order valence-electron chi connectivity index (χ3n) is 6.16. The Hall–Kier alpha value is -4.65. The second-order valence-electron chi connectivity index (χ2n) is 8.15. The molecule has 0 radical (unpaired) electrons. The lowest BCUT2D eigenvalue weighted by atomic mass is 9.96. The Morgan fingerprint density at radius 3 is 2.71 bits per heavy atom. The van der Waals surface area contributed by atoms with Gasteiger partial charge in [-0.3, -0.25) is 9.20 Å². The largest absolute Gasteiger partial charge is 0.493 e. The Morgan fingerprint density at radius 2 is 1.97 bits per heavy atom. The summed E-state index contributed by atoms with van der Waals surface area (Å²) >= 11 is 0. The average molecular weight is 473 g/mol. The molecule has 0 saturated heterocycles. The van der Waals surface area contributed by atoms with Crippen molar-refractivity contribution in [2.75, 3.05) is 18.5 Å². The van der Waals surface area contributed by atoms with Crippen LogP contribution in [0, 0.1) is 24.1 Å². The summed E-state index contributed by atoms with van der Waals surface area (Å²) in [5, 5.41) is 27.9. The molecule has 0 amide bonds. The lowest BCUT2D eigenvalue weighted by molar-refractivity contribution is -0.122. The molecule has 0 bridgehead atoms. The van der Waals surface area contributed by atoms with Gasteiger partial charge in [-0.05, 0) is 48.4 Å². The van der Waals surface area contributed by atoms with Crippen molar-refractivity contribution < 1.29 is 23.8 Å². The lowest BCUT2D eigenvalue weighted by Crippen LogP contribution is -2.13. The summed E-state index contributed by atoms with van der Waals surface area (Å²) in [5.41, 5.74) is 5.44. The predicted molar refractivity (Wildman–Crippen MR) is 124 cm³/mol. The highest BCUT2D eigenvalue weighted by atomic mass is 19.1. The maximum absolute atomic E-state index is 14.7. The minimum absolute atomic E-state index is 0.0554. The molecule has 2 aromatic heterocycles. The standard InChI is InChI=1S/C24H18FN5O2.CH2O2/c1-13-6-14(8-26)2-3-16(13)17-7-21-24(30-12-28-29-23(17)30)27-9-18-19(25)4-5-20-22(18)15(10-31-20)11-32-21;2-1-3/h2-7,12,15,27H,9-11H2,1H3;1H,(H,2,3)/t15-;/m1./s1. The van der Waals surface area contributed by atoms with Crippen molar-refractivity contribution in [3.05, 3.63) is 70.8 Å². The normalized spacial score (nSPS) is 15.4. The summed E-state index contributed by atoms with van der Waals surface area (Å²) in [6.45, 7) is 2.81. The summed E-state index contributed by atoms with van der Waals surface area (Å²) < 4.78 is 28.6. The molecule has 4 heterocycles. The topological polar surface area (TPSA) is 122 Å². The van der Waals surface area contributed by atoms with Crippen molar-refractivity contribution >= 4 is 17.9 Å². The molecular formula is C25H20FN5O4. The fourth-order valence-corrected chi connectivity index (χ4v) is 4.62. The van der Waals surface area contributed by atoms with E-state index in [4.69, 9.17) is 19.4 Å². The molecule has 9 nitrogen and oxygen atoms in total. The van der Waals surface area contributed by atoms with E-state index >= 15 is 0 Å². The second-order valence-corrected chi connectivity index (χ2v) is 8.15. The minimum Gasteiger partial charge on any atom is -0.493 e. The van der Waals surface area contributed by atoms with Crippen LogP contribution in [0.25, 0.3) is 16.8 Å². The van der Waals surface area contributed by atoms with E-state index in [1.807, 2.05) is 29.5 Å². The van der Waals surface area contributed by atoms with Gasteiger partial charge in [-0.15, -0.1) is 10.2 Å². The van der Waals surface area contributed by atoms with Crippen molar-refractivity contribution in [3.63, 3.8) is 0 Å². The maximum Gasteiger partial charge on any atom is 0.290 e. The predicted octanol–water partition coefficient (Wildman–Crippen LogP) is 3.90. The second kappa shape index (κ2) is 8.95. The van der Waals surface area contributed by atoms with Crippen LogP contribution in [0.15, 0.2) is 42.7 Å². The van der Waals surface area contributed by atoms with Gasteiger partial charge in [0, 0.05) is 23.2 Å². The number of anilines is 1. The van der Waals surface area contributed by atoms with Crippen molar-refractivity contribution in [2.24, 2.45) is 0 Å². The summed E-state index contributed by atoms with van der Waals surface area (Å²) in [6.07, 6.45) is 1.62. The molecule has 4 aromatic rings. The van der Waals surface area contributed by atoms with Gasteiger partial charge in [-0.25, -0.2) is 4.39 Å². The fraction of sp³-hybridized carbons (Fsp3) is 0.200. The number of pyridine rings is 1. The lowest BCUT2D eigenvalue weighted by Gasteiger charge is -2.17. The smallest absolute Gasteiger partial charge is 0.290 e. The highest BCUT2D eigenvalue weighted by Crippen LogP contribution is 2.42. The number of halogens is 1. The fourth-order valence-electron chi connectivity index (χ4n) is 4.62. The van der Waals surface area contributed by atoms with Crippen molar-refractivity contribution in [3.8, 4) is 28.7 Å². The van der Waals surface area contributed by atoms with Gasteiger partial charge >= 0.3 is 0 Å². The van der Waals surface area contributed by atoms with Crippen LogP contribution >= 0.6 is 0 Å². The van der Waals surface area contributed by atoms with Gasteiger partial charge in [0.1, 0.15) is 17.9 Å². The molecule has 0 unspecified atom stereocenters. The maximum atomic E-state index is 14.7. The molecule has 0 fully saturated rings. The van der Waals surface area contributed by atoms with E-state index in [1.165, 1.54) is 6.07 Å². The Morgan fingerprint density at radius 1 is 1.20 bits per heavy atom. The van der Waals surface area contributed by atoms with Crippen LogP contribution in [0.4, 0.5) is 10.2 Å². The zero-order valence-corrected chi connectivity index (χ0v) is 18.7. The Balaban J connectivity index is 0.000000806. The molecule has 2 aromatic carbocycles. The minimum atomic E-state index is -0.264. The third kappa shape index (κ3) is 3.77. The monoisotopic (exact) mass is 473 g/mol. The first-order chi connectivity index (χ1) is 17.0. The number of nitrogens with zero attached hydrogens (tertiary/aromatic N) is 4. The highest BCUT2D eigenvalue weighted by Gasteiger charge is 2.31. The average Bonchev–Trinajstić information content (AvgIpc) is 3.51. The molecule has 6 rings (SSSR count). The Labute approximate surface area is 199 Å². The molecule has 0 spiro atoms. The number of fused-ring (bicyclic) bond motifs is 3. The van der Waals surface area contributed by atoms with E-state index < -0.39 is 0 Å². The number of hydrogen-bond acceptors (Lipinski definition) is 7. The van der Waals surface area contributed by atoms with Crippen LogP contribution in [0.5, 0.6) is 11.5 Å². The van der Waals surface area contributed by atoms with Crippen LogP contribution in [0.2, 0.25) is 0 Å². The van der Waals surface area contributed by atoms with Crippen LogP contribution in [-0.4, -0.2) is 39.4 Å². The van der Waals surface area contributed by atoms with E-state index in [2.05, 4.69) is 21.6 Å². The van der Waals surface area contributed by atoms with E-state index in [0.29, 0.717) is 47.3 Å². The Bertz CT molecular complexity index is 1490. The Kier molecular flexibility index (Phi) is 5.66. The quantitative estimate of drug-likeness (QED) is 0.399. The van der Waals surface area contributed by atoms with Gasteiger partial charge in [-0.1, -0.05) is 6.07 Å². The highest BCUT2D eigenvalue weighted by molar-refractivity contribution is 5.83. The molecule has 0 aliphatic carbocycles. The van der Waals surface area contributed by atoms with Crippen LogP contribution in [0.3, 0.4) is 0 Å². The van der Waals surface area contributed by atoms with Gasteiger partial charge in [0.2, 0.25) is 0 Å². The van der Waals surface area contributed by atoms with E-state index in [1.54, 1.807) is 18.5 Å². The summed E-state index contributed by atoms with van der Waals surface area (Å²) in [7, 11) is 0. The summed E-state index contributed by atoms with van der Waals surface area (Å²) in [6, 6.07) is 12.8. The number of ether oxygens (including phenoxy) is 2. The van der Waals surface area contributed by atoms with Crippen molar-refractivity contribution in [2.45, 2.75) is 19.4 Å². The molecular weight excluding hydrogens is 453 g/mol. The number of hydrogen-bond donors (Lipinski definition) is 2. The zero-order chi connectivity index (χ0) is 24.5. The number of aryl methyl sites for hydroxylation is 1. The number of carboxylic acid groups (broad SMARTS) is 1. The SMILES string of the molecule is Cc1cc(C#N)ccc1-c1cc2c(n3cnnc13)NCc1c(F)ccc3c1[C@H](CO3)CO2.O=CO. The molecule has 2 N–H and O–H groups in total.